The fourth-order valence-corrected chi connectivity index (χ4v) is 6.48. The zero-order chi connectivity index (χ0) is 29.5. The van der Waals surface area contributed by atoms with E-state index in [1.54, 1.807) is 4.90 Å². The molecule has 3 fully saturated rings. The highest BCUT2D eigenvalue weighted by Crippen LogP contribution is 2.51. The van der Waals surface area contributed by atoms with E-state index >= 15 is 0 Å². The van der Waals surface area contributed by atoms with Gasteiger partial charge in [-0.25, -0.2) is 4.98 Å². The molecule has 2 bridgehead atoms. The molecule has 1 saturated carbocycles. The van der Waals surface area contributed by atoms with Crippen molar-refractivity contribution in [1.29, 1.82) is 0 Å². The first-order valence-electron chi connectivity index (χ1n) is 13.2. The van der Waals surface area contributed by atoms with Crippen LogP contribution in [0.4, 0.5) is 32.2 Å². The number of aliphatic hydroxyl groups is 1. The van der Waals surface area contributed by atoms with E-state index < -0.39 is 30.2 Å². The van der Waals surface area contributed by atoms with Crippen molar-refractivity contribution in [2.75, 3.05) is 12.3 Å². The van der Waals surface area contributed by atoms with Crippen LogP contribution in [0.1, 0.15) is 67.3 Å². The highest BCUT2D eigenvalue weighted by Gasteiger charge is 2.70. The first-order valence-corrected chi connectivity index (χ1v) is 13.2. The minimum atomic E-state index is -5.83. The fraction of sp³-hybridized carbons (Fsp3) is 0.538. The number of fused-ring (bicyclic) bond motifs is 3. The van der Waals surface area contributed by atoms with Crippen LogP contribution < -0.4 is 11.5 Å². The second-order valence-corrected chi connectivity index (χ2v) is 11.1. The summed E-state index contributed by atoms with van der Waals surface area (Å²) in [5.41, 5.74) is 7.92. The highest BCUT2D eigenvalue weighted by atomic mass is 19.4. The summed E-state index contributed by atoms with van der Waals surface area (Å²) in [6.45, 7) is -0.550. The number of pyridine rings is 1. The Morgan fingerprint density at radius 3 is 2.12 bits per heavy atom. The van der Waals surface area contributed by atoms with Gasteiger partial charge in [0.05, 0.1) is 17.6 Å². The molecular formula is C26H27F6N7O2. The van der Waals surface area contributed by atoms with Gasteiger partial charge in [-0.15, -0.1) is 0 Å². The third-order valence-corrected chi connectivity index (χ3v) is 8.65. The Labute approximate surface area is 229 Å². The number of hydrogen-bond donors (Lipinski definition) is 3. The van der Waals surface area contributed by atoms with E-state index in [0.29, 0.717) is 35.9 Å². The molecule has 3 aliphatic rings. The predicted octanol–water partition coefficient (Wildman–Crippen LogP) is 3.76. The summed E-state index contributed by atoms with van der Waals surface area (Å²) in [5, 5.41) is 13.7. The van der Waals surface area contributed by atoms with Crippen molar-refractivity contribution in [3.63, 3.8) is 0 Å². The molecule has 15 heteroatoms. The van der Waals surface area contributed by atoms with Gasteiger partial charge in [0.1, 0.15) is 12.4 Å². The molecule has 0 aromatic carbocycles. The van der Waals surface area contributed by atoms with Crippen molar-refractivity contribution in [2.45, 2.75) is 80.3 Å². The number of amides is 1. The average molecular weight is 584 g/mol. The molecule has 41 heavy (non-hydrogen) atoms. The van der Waals surface area contributed by atoms with Crippen molar-refractivity contribution in [2.24, 2.45) is 5.73 Å². The summed E-state index contributed by atoms with van der Waals surface area (Å²) in [6.07, 6.45) is -4.61. The molecule has 2 aliphatic heterocycles. The van der Waals surface area contributed by atoms with Gasteiger partial charge >= 0.3 is 12.4 Å². The molecule has 0 spiro atoms. The topological polar surface area (TPSA) is 136 Å². The van der Waals surface area contributed by atoms with Crippen molar-refractivity contribution in [3.05, 3.63) is 41.5 Å². The number of piperidine rings is 1. The van der Waals surface area contributed by atoms with E-state index in [1.807, 2.05) is 0 Å². The summed E-state index contributed by atoms with van der Waals surface area (Å²) in [6, 6.07) is 1.60. The van der Waals surface area contributed by atoms with E-state index in [-0.39, 0.29) is 35.4 Å². The molecule has 6 rings (SSSR count). The van der Waals surface area contributed by atoms with E-state index in [4.69, 9.17) is 16.5 Å². The van der Waals surface area contributed by atoms with Crippen LogP contribution in [0.2, 0.25) is 0 Å². The van der Waals surface area contributed by atoms with Gasteiger partial charge < -0.3 is 21.5 Å². The lowest BCUT2D eigenvalue weighted by atomic mass is 9.85. The number of carbonyl (C=O) groups is 1. The SMILES string of the molecule is Nc1c(C2CC2)c([C@H]2C[C@H]3CC[C@@H](C2)N3C(=O)CO)nc2c(-c3ccc(C(N)(C(F)(F)F)C(F)(F)F)nc3)cnn12. The Hall–Kier alpha value is -3.46. The van der Waals surface area contributed by atoms with E-state index in [1.165, 1.54) is 10.7 Å². The molecule has 0 radical (unpaired) electrons. The van der Waals surface area contributed by atoms with Crippen LogP contribution in [0, 0.1) is 0 Å². The molecule has 1 amide bonds. The number of nitrogens with zero attached hydrogens (tertiary/aromatic N) is 5. The first kappa shape index (κ1) is 27.7. The van der Waals surface area contributed by atoms with Gasteiger partial charge in [0, 0.05) is 40.9 Å². The van der Waals surface area contributed by atoms with Gasteiger partial charge in [-0.05, 0) is 50.5 Å². The quantitative estimate of drug-likeness (QED) is 0.389. The van der Waals surface area contributed by atoms with Crippen LogP contribution in [-0.2, 0) is 10.3 Å². The number of nitrogen functional groups attached to an aromatic ring is 1. The van der Waals surface area contributed by atoms with Crippen molar-refractivity contribution in [3.8, 4) is 11.1 Å². The lowest BCUT2D eigenvalue weighted by molar-refractivity contribution is -0.303. The average Bonchev–Trinajstić information content (AvgIpc) is 3.60. The summed E-state index contributed by atoms with van der Waals surface area (Å²) < 4.78 is 82.0. The Bertz CT molecular complexity index is 1470. The lowest BCUT2D eigenvalue weighted by Gasteiger charge is -2.39. The minimum absolute atomic E-state index is 0.0298. The monoisotopic (exact) mass is 583 g/mol. The van der Waals surface area contributed by atoms with E-state index in [2.05, 4.69) is 10.1 Å². The number of rotatable bonds is 5. The molecule has 2 saturated heterocycles. The van der Waals surface area contributed by atoms with Crippen LogP contribution in [0.25, 0.3) is 16.8 Å². The Balaban J connectivity index is 1.40. The van der Waals surface area contributed by atoms with Gasteiger partial charge in [0.2, 0.25) is 5.91 Å². The Morgan fingerprint density at radius 2 is 1.61 bits per heavy atom. The van der Waals surface area contributed by atoms with Crippen LogP contribution >= 0.6 is 0 Å². The maximum atomic E-state index is 13.4. The number of aromatic nitrogens is 4. The van der Waals surface area contributed by atoms with Crippen molar-refractivity contribution >= 4 is 17.4 Å². The minimum Gasteiger partial charge on any atom is -0.387 e. The zero-order valence-corrected chi connectivity index (χ0v) is 21.6. The smallest absolute Gasteiger partial charge is 0.387 e. The first-order chi connectivity index (χ1) is 19.3. The predicted molar refractivity (Wildman–Crippen MR) is 133 cm³/mol. The highest BCUT2D eigenvalue weighted by molar-refractivity contribution is 5.79. The van der Waals surface area contributed by atoms with E-state index in [0.717, 1.165) is 49.2 Å². The van der Waals surface area contributed by atoms with Crippen LogP contribution in [0.3, 0.4) is 0 Å². The van der Waals surface area contributed by atoms with Gasteiger partial charge in [-0.2, -0.15) is 36.0 Å². The maximum absolute atomic E-state index is 13.4. The molecule has 0 unspecified atom stereocenters. The zero-order valence-electron chi connectivity index (χ0n) is 21.6. The van der Waals surface area contributed by atoms with Gasteiger partial charge in [0.25, 0.3) is 5.54 Å². The number of halogens is 6. The number of carbonyl (C=O) groups excluding carboxylic acids is 1. The molecule has 9 nitrogen and oxygen atoms in total. The van der Waals surface area contributed by atoms with Gasteiger partial charge in [-0.3, -0.25) is 9.78 Å². The fourth-order valence-electron chi connectivity index (χ4n) is 6.48. The molecule has 3 atom stereocenters. The van der Waals surface area contributed by atoms with Crippen LogP contribution in [-0.4, -0.2) is 66.5 Å². The number of hydrogen-bond acceptors (Lipinski definition) is 7. The molecule has 5 heterocycles. The largest absolute Gasteiger partial charge is 0.421 e. The number of anilines is 1. The van der Waals surface area contributed by atoms with Crippen LogP contribution in [0.5, 0.6) is 0 Å². The molecule has 1 aliphatic carbocycles. The van der Waals surface area contributed by atoms with E-state index in [9.17, 15) is 36.2 Å². The second-order valence-electron chi connectivity index (χ2n) is 11.1. The van der Waals surface area contributed by atoms with Crippen molar-refractivity contribution in [1.82, 2.24) is 24.5 Å². The third kappa shape index (κ3) is 4.23. The summed E-state index contributed by atoms with van der Waals surface area (Å²) in [5.74, 6) is 0.248. The summed E-state index contributed by atoms with van der Waals surface area (Å²) in [7, 11) is 0. The molecule has 220 valence electrons. The summed E-state index contributed by atoms with van der Waals surface area (Å²) >= 11 is 0. The summed E-state index contributed by atoms with van der Waals surface area (Å²) in [4.78, 5) is 22.5. The maximum Gasteiger partial charge on any atom is 0.421 e. The van der Waals surface area contributed by atoms with Gasteiger partial charge in [0.15, 0.2) is 5.65 Å². The molecular weight excluding hydrogens is 556 g/mol. The molecule has 5 N–H and O–H groups in total. The Kier molecular flexibility index (Phi) is 6.27. The lowest BCUT2D eigenvalue weighted by Crippen LogP contribution is -2.61. The van der Waals surface area contributed by atoms with Crippen molar-refractivity contribution < 1.29 is 36.2 Å². The Morgan fingerprint density at radius 1 is 0.976 bits per heavy atom. The number of nitrogens with two attached hydrogens (primary N) is 2. The second kappa shape index (κ2) is 9.28. The number of aliphatic hydroxyl groups excluding tert-OH is 1. The standard InChI is InChI=1S/C26H27F6N7O2/c27-25(28,29)24(34,26(30,31)32)18-6-3-13(9-35-18)17-10-36-39-22(33)20(12-1-2-12)21(37-23(17)39)14-7-15-4-5-16(8-14)38(15)19(41)11-40/h3,6,9-10,12,14-16,40H,1-2,4-5,7-8,11,33-34H2/t14-,15+,16-. The number of alkyl halides is 6. The molecule has 3 aromatic heterocycles. The molecule has 3 aromatic rings. The van der Waals surface area contributed by atoms with Gasteiger partial charge in [-0.1, -0.05) is 6.07 Å². The third-order valence-electron chi connectivity index (χ3n) is 8.65. The normalized spacial score (nSPS) is 23.4. The van der Waals surface area contributed by atoms with Crippen LogP contribution in [0.15, 0.2) is 24.5 Å².